The molecule has 0 aliphatic rings. The lowest BCUT2D eigenvalue weighted by Crippen LogP contribution is -2.26. The first-order valence-corrected chi connectivity index (χ1v) is 8.42. The fourth-order valence-electron chi connectivity index (χ4n) is 2.33. The molecule has 128 valence electrons. The number of carboxylic acid groups (broad SMARTS) is 1. The van der Waals surface area contributed by atoms with Gasteiger partial charge in [-0.15, -0.1) is 11.8 Å². The largest absolute Gasteiger partial charge is 0.478 e. The average Bonchev–Trinajstić information content (AvgIpc) is 2.54. The van der Waals surface area contributed by atoms with Crippen molar-refractivity contribution in [3.8, 4) is 0 Å². The van der Waals surface area contributed by atoms with Crippen LogP contribution in [0.25, 0.3) is 0 Å². The molecule has 0 saturated carbocycles. The smallest absolute Gasteiger partial charge is 0.392 e. The minimum atomic E-state index is -4.31. The first-order valence-electron chi connectivity index (χ1n) is 7.43. The number of hydrogen-bond acceptors (Lipinski definition) is 2. The van der Waals surface area contributed by atoms with E-state index in [2.05, 4.69) is 0 Å². The number of carboxylic acids is 1. The summed E-state index contributed by atoms with van der Waals surface area (Å²) in [4.78, 5) is 11.9. The lowest BCUT2D eigenvalue weighted by molar-refractivity contribution is -0.169. The molecule has 2 nitrogen and oxygen atoms in total. The van der Waals surface area contributed by atoms with Crippen LogP contribution < -0.4 is 0 Å². The Hall–Kier alpha value is -1.95. The molecule has 2 aromatic carbocycles. The van der Waals surface area contributed by atoms with Crippen LogP contribution in [-0.2, 0) is 6.42 Å². The third-order valence-corrected chi connectivity index (χ3v) is 4.84. The highest BCUT2D eigenvalue weighted by atomic mass is 32.2. The molecule has 0 fully saturated rings. The van der Waals surface area contributed by atoms with E-state index in [-0.39, 0.29) is 24.2 Å². The summed E-state index contributed by atoms with van der Waals surface area (Å²) in [5.74, 6) is -2.68. The van der Waals surface area contributed by atoms with E-state index >= 15 is 0 Å². The van der Waals surface area contributed by atoms with Crippen LogP contribution in [0.15, 0.2) is 59.5 Å². The van der Waals surface area contributed by atoms with Crippen LogP contribution in [0.2, 0.25) is 0 Å². The minimum Gasteiger partial charge on any atom is -0.478 e. The maximum absolute atomic E-state index is 13.3. The zero-order valence-corrected chi connectivity index (χ0v) is 13.6. The zero-order valence-electron chi connectivity index (χ0n) is 12.8. The van der Waals surface area contributed by atoms with E-state index in [0.717, 1.165) is 16.7 Å². The van der Waals surface area contributed by atoms with Crippen LogP contribution in [0.3, 0.4) is 0 Å². The highest BCUT2D eigenvalue weighted by molar-refractivity contribution is 7.99. The third-order valence-electron chi connectivity index (χ3n) is 3.67. The van der Waals surface area contributed by atoms with Gasteiger partial charge >= 0.3 is 12.1 Å². The molecule has 0 unspecified atom stereocenters. The topological polar surface area (TPSA) is 37.3 Å². The minimum absolute atomic E-state index is 0.0640. The zero-order chi connectivity index (χ0) is 17.6. The van der Waals surface area contributed by atoms with E-state index in [1.165, 1.54) is 6.07 Å². The van der Waals surface area contributed by atoms with Crippen molar-refractivity contribution in [2.24, 2.45) is 5.92 Å². The average molecular weight is 354 g/mol. The van der Waals surface area contributed by atoms with Crippen LogP contribution in [0.5, 0.6) is 0 Å². The van der Waals surface area contributed by atoms with Crippen LogP contribution >= 0.6 is 11.8 Å². The molecule has 2 rings (SSSR count). The Morgan fingerprint density at radius 1 is 1.04 bits per heavy atom. The maximum atomic E-state index is 13.3. The number of hydrogen-bond donors (Lipinski definition) is 1. The number of carbonyl (C=O) groups is 1. The van der Waals surface area contributed by atoms with Crippen molar-refractivity contribution in [3.05, 3.63) is 65.7 Å². The van der Waals surface area contributed by atoms with Crippen LogP contribution in [0.1, 0.15) is 22.3 Å². The number of rotatable bonds is 7. The van der Waals surface area contributed by atoms with Crippen LogP contribution in [-0.4, -0.2) is 23.0 Å². The first kappa shape index (κ1) is 18.4. The Labute approximate surface area is 142 Å². The van der Waals surface area contributed by atoms with Crippen molar-refractivity contribution in [2.75, 3.05) is 5.75 Å². The summed E-state index contributed by atoms with van der Waals surface area (Å²) in [6.45, 7) is 0. The quantitative estimate of drug-likeness (QED) is 0.687. The second-order valence-corrected chi connectivity index (χ2v) is 6.46. The van der Waals surface area contributed by atoms with Crippen molar-refractivity contribution in [3.63, 3.8) is 0 Å². The van der Waals surface area contributed by atoms with Gasteiger partial charge in [0, 0.05) is 10.6 Å². The highest BCUT2D eigenvalue weighted by Gasteiger charge is 2.39. The van der Waals surface area contributed by atoms with Crippen molar-refractivity contribution < 1.29 is 23.1 Å². The molecule has 2 aromatic rings. The lowest BCUT2D eigenvalue weighted by atomic mass is 9.97. The number of aryl methyl sites for hydroxylation is 1. The van der Waals surface area contributed by atoms with Crippen molar-refractivity contribution in [1.82, 2.24) is 0 Å². The Morgan fingerprint density at radius 2 is 1.67 bits per heavy atom. The summed E-state index contributed by atoms with van der Waals surface area (Å²) in [5.41, 5.74) is 0.498. The van der Waals surface area contributed by atoms with Gasteiger partial charge in [-0.2, -0.15) is 13.2 Å². The Balaban J connectivity index is 2.03. The monoisotopic (exact) mass is 354 g/mol. The van der Waals surface area contributed by atoms with E-state index in [4.69, 9.17) is 5.11 Å². The Bertz CT molecular complexity index is 671. The molecule has 0 aliphatic heterocycles. The number of aromatic carboxylic acids is 1. The van der Waals surface area contributed by atoms with Crippen LogP contribution in [0.4, 0.5) is 13.2 Å². The molecule has 0 spiro atoms. The second kappa shape index (κ2) is 8.24. The molecule has 24 heavy (non-hydrogen) atoms. The van der Waals surface area contributed by atoms with Gasteiger partial charge < -0.3 is 5.11 Å². The van der Waals surface area contributed by atoms with E-state index in [0.29, 0.717) is 5.56 Å². The summed E-state index contributed by atoms with van der Waals surface area (Å²) in [6.07, 6.45) is -4.35. The number of thioether (sulfide) groups is 1. The molecular formula is C18H17F3O2S. The Kier molecular flexibility index (Phi) is 6.31. The first-order chi connectivity index (χ1) is 11.4. The van der Waals surface area contributed by atoms with Crippen LogP contribution in [0, 0.1) is 5.92 Å². The molecule has 0 bridgehead atoms. The molecule has 0 radical (unpaired) electrons. The van der Waals surface area contributed by atoms with Gasteiger partial charge in [-0.3, -0.25) is 0 Å². The number of halogens is 3. The fourth-order valence-corrected chi connectivity index (χ4v) is 3.43. The molecule has 0 saturated heterocycles. The van der Waals surface area contributed by atoms with Gasteiger partial charge in [-0.25, -0.2) is 4.79 Å². The second-order valence-electron chi connectivity index (χ2n) is 5.36. The molecule has 0 aliphatic carbocycles. The van der Waals surface area contributed by atoms with Crippen molar-refractivity contribution in [1.29, 1.82) is 0 Å². The van der Waals surface area contributed by atoms with E-state index in [9.17, 15) is 18.0 Å². The van der Waals surface area contributed by atoms with Gasteiger partial charge in [0.1, 0.15) is 0 Å². The van der Waals surface area contributed by atoms with Crippen molar-refractivity contribution in [2.45, 2.75) is 23.9 Å². The number of benzene rings is 2. The van der Waals surface area contributed by atoms with E-state index < -0.39 is 18.1 Å². The van der Waals surface area contributed by atoms with Gasteiger partial charge in [0.25, 0.3) is 0 Å². The van der Waals surface area contributed by atoms with Gasteiger partial charge in [-0.1, -0.05) is 36.4 Å². The van der Waals surface area contributed by atoms with E-state index in [1.807, 2.05) is 6.07 Å². The molecule has 1 N–H and O–H groups in total. The predicted octanol–water partition coefficient (Wildman–Crippen LogP) is 5.29. The molecule has 0 amide bonds. The lowest BCUT2D eigenvalue weighted by Gasteiger charge is -2.20. The Morgan fingerprint density at radius 3 is 2.29 bits per heavy atom. The van der Waals surface area contributed by atoms with E-state index in [1.54, 1.807) is 42.5 Å². The predicted molar refractivity (Wildman–Crippen MR) is 88.4 cm³/mol. The summed E-state index contributed by atoms with van der Waals surface area (Å²) >= 11 is 1.16. The molecule has 6 heteroatoms. The summed E-state index contributed by atoms with van der Waals surface area (Å²) < 4.78 is 39.8. The molecule has 1 atom stereocenters. The summed E-state index contributed by atoms with van der Waals surface area (Å²) in [7, 11) is 0. The van der Waals surface area contributed by atoms with Gasteiger partial charge in [0.2, 0.25) is 0 Å². The normalized spacial score (nSPS) is 12.8. The number of alkyl halides is 3. The van der Waals surface area contributed by atoms with Gasteiger partial charge in [0.15, 0.2) is 0 Å². The van der Waals surface area contributed by atoms with Crippen molar-refractivity contribution >= 4 is 17.7 Å². The summed E-state index contributed by atoms with van der Waals surface area (Å²) in [5, 5.41) is 9.12. The standard InChI is InChI=1S/C18H17F3O2S/c19-18(20,21)14(12-24-15-7-2-1-3-8-15)11-10-13-6-4-5-9-16(13)17(22)23/h1-9,14H,10-12H2,(H,22,23)/t14-/m1/s1. The third kappa shape index (κ3) is 5.30. The maximum Gasteiger partial charge on any atom is 0.392 e. The highest BCUT2D eigenvalue weighted by Crippen LogP contribution is 2.35. The summed E-state index contributed by atoms with van der Waals surface area (Å²) in [6, 6.07) is 15.1. The molecule has 0 aromatic heterocycles. The van der Waals surface area contributed by atoms with Gasteiger partial charge in [0.05, 0.1) is 11.5 Å². The fraction of sp³-hybridized carbons (Fsp3) is 0.278. The molecular weight excluding hydrogens is 337 g/mol. The van der Waals surface area contributed by atoms with Gasteiger partial charge in [-0.05, 0) is 36.6 Å². The molecule has 0 heterocycles. The SMILES string of the molecule is O=C(O)c1ccccc1CC[C@H](CSc1ccccc1)C(F)(F)F.